The second-order valence-electron chi connectivity index (χ2n) is 7.56. The van der Waals surface area contributed by atoms with Gasteiger partial charge in [0.15, 0.2) is 0 Å². The van der Waals surface area contributed by atoms with Crippen LogP contribution in [0.5, 0.6) is 0 Å². The quantitative estimate of drug-likeness (QED) is 0.848. The summed E-state index contributed by atoms with van der Waals surface area (Å²) >= 11 is 0. The molecule has 7 heteroatoms. The van der Waals surface area contributed by atoms with Gasteiger partial charge in [-0.2, -0.15) is 0 Å². The van der Waals surface area contributed by atoms with Gasteiger partial charge in [0, 0.05) is 32.2 Å². The van der Waals surface area contributed by atoms with Crippen molar-refractivity contribution in [1.29, 1.82) is 0 Å². The van der Waals surface area contributed by atoms with Gasteiger partial charge in [-0.3, -0.25) is 4.79 Å². The van der Waals surface area contributed by atoms with Crippen LogP contribution in [0.4, 0.5) is 0 Å². The van der Waals surface area contributed by atoms with Crippen LogP contribution in [-0.2, 0) is 32.5 Å². The Labute approximate surface area is 155 Å². The van der Waals surface area contributed by atoms with Gasteiger partial charge in [-0.05, 0) is 55.4 Å². The molecule has 0 unspecified atom stereocenters. The molecule has 1 amide bonds. The molecule has 26 heavy (non-hydrogen) atoms. The smallest absolute Gasteiger partial charge is 0.240 e. The fourth-order valence-electron chi connectivity index (χ4n) is 3.89. The highest BCUT2D eigenvalue weighted by atomic mass is 32.2. The average molecular weight is 378 g/mol. The van der Waals surface area contributed by atoms with Crippen molar-refractivity contribution in [2.45, 2.75) is 56.1 Å². The van der Waals surface area contributed by atoms with Gasteiger partial charge >= 0.3 is 0 Å². The molecule has 1 aromatic rings. The fourth-order valence-corrected chi connectivity index (χ4v) is 5.01. The van der Waals surface area contributed by atoms with Crippen LogP contribution in [0.2, 0.25) is 0 Å². The number of hydrogen-bond acceptors (Lipinski definition) is 4. The largest absolute Gasteiger partial charge is 0.377 e. The summed E-state index contributed by atoms with van der Waals surface area (Å²) in [4.78, 5) is 14.7. The van der Waals surface area contributed by atoms with E-state index in [1.807, 2.05) is 11.0 Å². The van der Waals surface area contributed by atoms with Crippen molar-refractivity contribution in [3.05, 3.63) is 29.3 Å². The molecule has 1 aliphatic carbocycles. The minimum atomic E-state index is -3.53. The molecule has 0 aromatic heterocycles. The van der Waals surface area contributed by atoms with Crippen molar-refractivity contribution in [2.75, 3.05) is 19.7 Å². The molecule has 2 aliphatic heterocycles. The Morgan fingerprint density at radius 1 is 1.19 bits per heavy atom. The zero-order valence-electron chi connectivity index (χ0n) is 14.9. The predicted molar refractivity (Wildman–Crippen MR) is 97.1 cm³/mol. The number of nitrogens with one attached hydrogen (secondary N) is 1. The lowest BCUT2D eigenvalue weighted by Crippen LogP contribution is -2.41. The van der Waals surface area contributed by atoms with Crippen LogP contribution < -0.4 is 4.72 Å². The van der Waals surface area contributed by atoms with Gasteiger partial charge in [-0.1, -0.05) is 12.5 Å². The van der Waals surface area contributed by atoms with E-state index in [1.165, 1.54) is 0 Å². The highest BCUT2D eigenvalue weighted by Gasteiger charge is 2.31. The molecule has 3 aliphatic rings. The predicted octanol–water partition coefficient (Wildman–Crippen LogP) is 1.83. The normalized spacial score (nSPS) is 23.5. The lowest BCUT2D eigenvalue weighted by Gasteiger charge is -2.35. The van der Waals surface area contributed by atoms with E-state index < -0.39 is 10.0 Å². The highest BCUT2D eigenvalue weighted by Crippen LogP contribution is 2.31. The lowest BCUT2D eigenvalue weighted by molar-refractivity contribution is -0.139. The third-order valence-corrected chi connectivity index (χ3v) is 7.21. The van der Waals surface area contributed by atoms with Gasteiger partial charge in [0.05, 0.1) is 11.0 Å². The van der Waals surface area contributed by atoms with Crippen LogP contribution in [0.15, 0.2) is 23.1 Å². The van der Waals surface area contributed by atoms with Crippen LogP contribution in [0, 0.1) is 5.92 Å². The summed E-state index contributed by atoms with van der Waals surface area (Å²) in [5.41, 5.74) is 2.09. The second-order valence-corrected chi connectivity index (χ2v) is 9.32. The number of amides is 1. The van der Waals surface area contributed by atoms with E-state index in [9.17, 15) is 13.2 Å². The summed E-state index contributed by atoms with van der Waals surface area (Å²) < 4.78 is 33.2. The van der Waals surface area contributed by atoms with Gasteiger partial charge in [-0.25, -0.2) is 13.1 Å². The maximum atomic E-state index is 12.6. The van der Waals surface area contributed by atoms with Crippen LogP contribution in [0.1, 0.15) is 43.2 Å². The van der Waals surface area contributed by atoms with E-state index >= 15 is 0 Å². The summed E-state index contributed by atoms with van der Waals surface area (Å²) in [6, 6.07) is 5.27. The Hall–Kier alpha value is -1.44. The number of hydrogen-bond donors (Lipinski definition) is 1. The van der Waals surface area contributed by atoms with Crippen molar-refractivity contribution in [1.82, 2.24) is 9.62 Å². The van der Waals surface area contributed by atoms with E-state index in [2.05, 4.69) is 4.72 Å². The van der Waals surface area contributed by atoms with E-state index in [0.717, 1.165) is 43.2 Å². The number of carbonyl (C=O) groups excluding carboxylic acids is 1. The van der Waals surface area contributed by atoms with Crippen LogP contribution >= 0.6 is 0 Å². The lowest BCUT2D eigenvalue weighted by atomic mass is 9.84. The van der Waals surface area contributed by atoms with Gasteiger partial charge in [0.2, 0.25) is 15.9 Å². The number of benzene rings is 1. The van der Waals surface area contributed by atoms with Crippen molar-refractivity contribution >= 4 is 15.9 Å². The van der Waals surface area contributed by atoms with Crippen molar-refractivity contribution < 1.29 is 17.9 Å². The van der Waals surface area contributed by atoms with E-state index in [1.54, 1.807) is 12.1 Å². The third-order valence-electron chi connectivity index (χ3n) is 5.79. The van der Waals surface area contributed by atoms with E-state index in [-0.39, 0.29) is 17.9 Å². The number of fused-ring (bicyclic) bond motifs is 1. The summed E-state index contributed by atoms with van der Waals surface area (Å²) in [7, 11) is -3.53. The highest BCUT2D eigenvalue weighted by molar-refractivity contribution is 7.89. The van der Waals surface area contributed by atoms with Crippen molar-refractivity contribution in [3.63, 3.8) is 0 Å². The Balaban J connectivity index is 1.43. The molecule has 1 saturated carbocycles. The Kier molecular flexibility index (Phi) is 5.03. The molecule has 4 rings (SSSR count). The van der Waals surface area contributed by atoms with Crippen LogP contribution in [-0.4, -0.2) is 45.0 Å². The molecule has 1 N–H and O–H groups in total. The minimum absolute atomic E-state index is 0.0199. The molecular weight excluding hydrogens is 352 g/mol. The monoisotopic (exact) mass is 378 g/mol. The summed E-state index contributed by atoms with van der Waals surface area (Å²) in [5, 5.41) is 0. The minimum Gasteiger partial charge on any atom is -0.377 e. The van der Waals surface area contributed by atoms with Crippen molar-refractivity contribution in [3.8, 4) is 0 Å². The van der Waals surface area contributed by atoms with E-state index in [4.69, 9.17) is 4.74 Å². The molecule has 2 heterocycles. The topological polar surface area (TPSA) is 75.7 Å². The first kappa shape index (κ1) is 17.9. The van der Waals surface area contributed by atoms with Gasteiger partial charge in [0.25, 0.3) is 0 Å². The first-order valence-electron chi connectivity index (χ1n) is 9.55. The standard InChI is InChI=1S/C19H26N2O4S/c22-19(14-3-1-4-14)21-9-8-15-11-18(7-6-16(15)13-21)26(23,24)20-12-17-5-2-10-25-17/h6-7,11,14,17,20H,1-5,8-10,12-13H2/t17-/m0/s1. The third kappa shape index (κ3) is 3.66. The second kappa shape index (κ2) is 7.29. The summed E-state index contributed by atoms with van der Waals surface area (Å²) in [6.45, 7) is 2.30. The number of rotatable bonds is 5. The van der Waals surface area contributed by atoms with Crippen molar-refractivity contribution in [2.24, 2.45) is 5.92 Å². The molecule has 0 radical (unpaired) electrons. The summed E-state index contributed by atoms with van der Waals surface area (Å²) in [6.07, 6.45) is 5.75. The molecule has 0 bridgehead atoms. The van der Waals surface area contributed by atoms with Crippen LogP contribution in [0.3, 0.4) is 0 Å². The van der Waals surface area contributed by atoms with Crippen LogP contribution in [0.25, 0.3) is 0 Å². The zero-order valence-corrected chi connectivity index (χ0v) is 15.8. The molecule has 1 aromatic carbocycles. The number of carbonyl (C=O) groups is 1. The molecule has 1 saturated heterocycles. The molecule has 6 nitrogen and oxygen atoms in total. The number of ether oxygens (including phenoxy) is 1. The van der Waals surface area contributed by atoms with Gasteiger partial charge < -0.3 is 9.64 Å². The SMILES string of the molecule is O=C(C1CCC1)N1CCc2cc(S(=O)(=O)NC[C@@H]3CCCO3)ccc2C1. The molecule has 2 fully saturated rings. The Bertz CT molecular complexity index is 783. The van der Waals surface area contributed by atoms with E-state index in [0.29, 0.717) is 37.6 Å². The molecular formula is C19H26N2O4S. The molecule has 1 atom stereocenters. The van der Waals surface area contributed by atoms with Gasteiger partial charge in [-0.15, -0.1) is 0 Å². The fraction of sp³-hybridized carbons (Fsp3) is 0.632. The molecule has 0 spiro atoms. The molecule has 142 valence electrons. The Morgan fingerprint density at radius 2 is 2.04 bits per heavy atom. The maximum Gasteiger partial charge on any atom is 0.240 e. The maximum absolute atomic E-state index is 12.6. The first-order valence-corrected chi connectivity index (χ1v) is 11.0. The van der Waals surface area contributed by atoms with Gasteiger partial charge in [0.1, 0.15) is 0 Å². The first-order chi connectivity index (χ1) is 12.5. The number of nitrogens with zero attached hydrogens (tertiary/aromatic N) is 1. The average Bonchev–Trinajstić information content (AvgIpc) is 3.11. The number of sulfonamides is 1. The zero-order chi connectivity index (χ0) is 18.1. The Morgan fingerprint density at radius 3 is 2.73 bits per heavy atom. The summed E-state index contributed by atoms with van der Waals surface area (Å²) in [5.74, 6) is 0.468.